The molecule has 4 N–H and O–H groups in total. The van der Waals surface area contributed by atoms with Gasteiger partial charge in [0.05, 0.1) is 17.2 Å². The van der Waals surface area contributed by atoms with Crippen LogP contribution in [0, 0.1) is 0 Å². The first kappa shape index (κ1) is 18.6. The number of aromatic carboxylic acids is 1. The summed E-state index contributed by atoms with van der Waals surface area (Å²) in [6.07, 6.45) is -0.105. The number of anilines is 1. The minimum absolute atomic E-state index is 0.0845. The highest BCUT2D eigenvalue weighted by atomic mass is 32.1. The zero-order chi connectivity index (χ0) is 19.4. The van der Waals surface area contributed by atoms with Gasteiger partial charge in [0.1, 0.15) is 0 Å². The fourth-order valence-electron chi connectivity index (χ4n) is 2.16. The number of aromatic hydroxyl groups is 1. The summed E-state index contributed by atoms with van der Waals surface area (Å²) in [5, 5.41) is 26.6. The Balaban J connectivity index is 1.73. The van der Waals surface area contributed by atoms with Crippen molar-refractivity contribution in [2.45, 2.75) is 6.42 Å². The molecule has 0 aromatic carbocycles. The molecule has 0 aliphatic rings. The van der Waals surface area contributed by atoms with E-state index in [0.29, 0.717) is 17.0 Å². The summed E-state index contributed by atoms with van der Waals surface area (Å²) in [5.74, 6) is -2.61. The summed E-state index contributed by atoms with van der Waals surface area (Å²) < 4.78 is 5.12. The third-order valence-corrected chi connectivity index (χ3v) is 5.07. The van der Waals surface area contributed by atoms with E-state index < -0.39 is 29.1 Å². The van der Waals surface area contributed by atoms with Crippen molar-refractivity contribution in [3.63, 3.8) is 0 Å². The van der Waals surface area contributed by atoms with Crippen LogP contribution in [0.5, 0.6) is 5.75 Å². The number of carbonyl (C=O) groups is 2. The van der Waals surface area contributed by atoms with E-state index in [1.807, 2.05) is 16.8 Å². The lowest BCUT2D eigenvalue weighted by Crippen LogP contribution is -2.17. The first-order chi connectivity index (χ1) is 13.0. The van der Waals surface area contributed by atoms with Crippen molar-refractivity contribution in [1.82, 2.24) is 9.97 Å². The quantitative estimate of drug-likeness (QED) is 0.492. The van der Waals surface area contributed by atoms with Crippen LogP contribution in [0.1, 0.15) is 16.1 Å². The van der Waals surface area contributed by atoms with E-state index in [0.717, 1.165) is 16.9 Å². The highest BCUT2D eigenvalue weighted by molar-refractivity contribution is 7.14. The van der Waals surface area contributed by atoms with Gasteiger partial charge in [0.15, 0.2) is 11.5 Å². The standard InChI is InChI=1S/C16H13N3O6S2/c20-11-10(15(22)23)18-13(19-14(11)21)12-9(3-6-27-12)17-16(24)25-4-1-8-2-5-26-7-8/h2-3,5-7,20H,1,4H2,(H,17,24)(H,22,23)(H,18,19,21). The number of nitrogens with zero attached hydrogens (tertiary/aromatic N) is 1. The molecular formula is C16H13N3O6S2. The molecule has 0 atom stereocenters. The minimum atomic E-state index is -1.54. The first-order valence-corrected chi connectivity index (χ1v) is 9.37. The Morgan fingerprint density at radius 2 is 2.11 bits per heavy atom. The van der Waals surface area contributed by atoms with Gasteiger partial charge in [-0.15, -0.1) is 11.3 Å². The summed E-state index contributed by atoms with van der Waals surface area (Å²) in [5.41, 5.74) is -0.400. The lowest BCUT2D eigenvalue weighted by Gasteiger charge is -2.08. The average Bonchev–Trinajstić information content (AvgIpc) is 3.29. The third-order valence-electron chi connectivity index (χ3n) is 3.42. The number of carboxylic acids is 1. The van der Waals surface area contributed by atoms with Gasteiger partial charge in [0.2, 0.25) is 5.75 Å². The van der Waals surface area contributed by atoms with Gasteiger partial charge in [-0.3, -0.25) is 10.1 Å². The number of carbonyl (C=O) groups excluding carboxylic acids is 1. The Bertz CT molecular complexity index is 1030. The Kier molecular flexibility index (Phi) is 5.52. The molecule has 3 aromatic rings. The third kappa shape index (κ3) is 4.33. The van der Waals surface area contributed by atoms with Crippen molar-refractivity contribution in [3.05, 3.63) is 49.9 Å². The van der Waals surface area contributed by atoms with E-state index in [2.05, 4.69) is 15.3 Å². The predicted octanol–water partition coefficient (Wildman–Crippen LogP) is 2.75. The molecule has 0 bridgehead atoms. The molecule has 11 heteroatoms. The second-order valence-corrected chi connectivity index (χ2v) is 6.92. The molecule has 9 nitrogen and oxygen atoms in total. The molecule has 0 fully saturated rings. The van der Waals surface area contributed by atoms with E-state index >= 15 is 0 Å². The molecule has 0 saturated heterocycles. The lowest BCUT2D eigenvalue weighted by atomic mass is 10.3. The average molecular weight is 407 g/mol. The second kappa shape index (κ2) is 8.01. The van der Waals surface area contributed by atoms with Gasteiger partial charge in [-0.2, -0.15) is 11.3 Å². The molecule has 0 spiro atoms. The molecule has 1 amide bonds. The Morgan fingerprint density at radius 1 is 1.30 bits per heavy atom. The monoisotopic (exact) mass is 407 g/mol. The Morgan fingerprint density at radius 3 is 2.81 bits per heavy atom. The van der Waals surface area contributed by atoms with E-state index in [-0.39, 0.29) is 12.4 Å². The van der Waals surface area contributed by atoms with Gasteiger partial charge >= 0.3 is 12.1 Å². The Labute approximate surface area is 159 Å². The smallest absolute Gasteiger partial charge is 0.411 e. The van der Waals surface area contributed by atoms with Gasteiger partial charge in [-0.25, -0.2) is 14.6 Å². The van der Waals surface area contributed by atoms with Crippen LogP contribution in [-0.4, -0.2) is 38.9 Å². The van der Waals surface area contributed by atoms with E-state index in [1.165, 1.54) is 0 Å². The number of carboxylic acid groups (broad SMARTS) is 1. The molecule has 0 aliphatic carbocycles. The SMILES string of the molecule is O=C(Nc1ccsc1-c1nc(C(=O)O)c(O)c(=O)[nH]1)OCCc1ccsc1. The molecular weight excluding hydrogens is 394 g/mol. The van der Waals surface area contributed by atoms with Gasteiger partial charge in [-0.05, 0) is 33.8 Å². The number of rotatable bonds is 6. The van der Waals surface area contributed by atoms with Crippen LogP contribution in [0.15, 0.2) is 33.1 Å². The molecule has 140 valence electrons. The van der Waals surface area contributed by atoms with Crippen molar-refractivity contribution in [2.24, 2.45) is 0 Å². The fraction of sp³-hybridized carbons (Fsp3) is 0.125. The lowest BCUT2D eigenvalue weighted by molar-refractivity contribution is 0.0686. The first-order valence-electron chi connectivity index (χ1n) is 7.55. The van der Waals surface area contributed by atoms with Crippen LogP contribution in [0.25, 0.3) is 10.7 Å². The maximum Gasteiger partial charge on any atom is 0.411 e. The van der Waals surface area contributed by atoms with Gasteiger partial charge in [0.25, 0.3) is 5.56 Å². The number of nitrogens with one attached hydrogen (secondary N) is 2. The van der Waals surface area contributed by atoms with Crippen molar-refractivity contribution >= 4 is 40.4 Å². The zero-order valence-corrected chi connectivity index (χ0v) is 15.2. The largest absolute Gasteiger partial charge is 0.501 e. The number of amides is 1. The van der Waals surface area contributed by atoms with Crippen molar-refractivity contribution in [2.75, 3.05) is 11.9 Å². The topological polar surface area (TPSA) is 142 Å². The van der Waals surface area contributed by atoms with Gasteiger partial charge in [0, 0.05) is 6.42 Å². The number of ether oxygens (including phenoxy) is 1. The Hall–Kier alpha value is -3.18. The van der Waals surface area contributed by atoms with Gasteiger partial charge in [-0.1, -0.05) is 0 Å². The van der Waals surface area contributed by atoms with Gasteiger partial charge < -0.3 is 19.9 Å². The van der Waals surface area contributed by atoms with Crippen LogP contribution in [-0.2, 0) is 11.2 Å². The minimum Gasteiger partial charge on any atom is -0.501 e. The summed E-state index contributed by atoms with van der Waals surface area (Å²) in [6, 6.07) is 3.50. The molecule has 0 aliphatic heterocycles. The normalized spacial score (nSPS) is 10.5. The second-order valence-electron chi connectivity index (χ2n) is 5.22. The number of aromatic amines is 1. The molecule has 3 aromatic heterocycles. The highest BCUT2D eigenvalue weighted by Gasteiger charge is 2.20. The summed E-state index contributed by atoms with van der Waals surface area (Å²) in [4.78, 5) is 41.2. The van der Waals surface area contributed by atoms with Crippen LogP contribution < -0.4 is 10.9 Å². The van der Waals surface area contributed by atoms with Crippen LogP contribution in [0.3, 0.4) is 0 Å². The van der Waals surface area contributed by atoms with E-state index in [9.17, 15) is 19.5 Å². The van der Waals surface area contributed by atoms with E-state index in [1.54, 1.807) is 22.8 Å². The number of H-pyrrole nitrogens is 1. The zero-order valence-electron chi connectivity index (χ0n) is 13.6. The molecule has 27 heavy (non-hydrogen) atoms. The summed E-state index contributed by atoms with van der Waals surface area (Å²) in [6.45, 7) is 0.194. The molecule has 0 saturated carbocycles. The van der Waals surface area contributed by atoms with Crippen LogP contribution >= 0.6 is 22.7 Å². The maximum absolute atomic E-state index is 12.0. The molecule has 0 unspecified atom stereocenters. The highest BCUT2D eigenvalue weighted by Crippen LogP contribution is 2.31. The summed E-state index contributed by atoms with van der Waals surface area (Å²) >= 11 is 2.68. The number of hydrogen-bond donors (Lipinski definition) is 4. The molecule has 3 heterocycles. The van der Waals surface area contributed by atoms with Crippen LogP contribution in [0.2, 0.25) is 0 Å². The maximum atomic E-state index is 12.0. The molecule has 3 rings (SSSR count). The molecule has 0 radical (unpaired) electrons. The predicted molar refractivity (Wildman–Crippen MR) is 99.8 cm³/mol. The summed E-state index contributed by atoms with van der Waals surface area (Å²) in [7, 11) is 0. The fourth-order valence-corrected chi connectivity index (χ4v) is 3.65. The van der Waals surface area contributed by atoms with Crippen molar-refractivity contribution in [3.8, 4) is 16.5 Å². The van der Waals surface area contributed by atoms with Crippen molar-refractivity contribution < 1.29 is 24.5 Å². The van der Waals surface area contributed by atoms with E-state index in [4.69, 9.17) is 9.84 Å². The number of aromatic nitrogens is 2. The number of hydrogen-bond acceptors (Lipinski definition) is 8. The number of thiophene rings is 2. The van der Waals surface area contributed by atoms with Crippen molar-refractivity contribution in [1.29, 1.82) is 0 Å². The van der Waals surface area contributed by atoms with Crippen LogP contribution in [0.4, 0.5) is 10.5 Å².